The van der Waals surface area contributed by atoms with Crippen molar-refractivity contribution in [1.29, 1.82) is 0 Å². The molecule has 2 rings (SSSR count). The van der Waals surface area contributed by atoms with Crippen LogP contribution in [0.2, 0.25) is 0 Å². The number of aromatic nitrogens is 2. The van der Waals surface area contributed by atoms with Crippen molar-refractivity contribution in [3.8, 4) is 0 Å². The Bertz CT molecular complexity index is 353. The van der Waals surface area contributed by atoms with Crippen LogP contribution < -0.4 is 5.32 Å². The molecule has 0 unspecified atom stereocenters. The molecule has 0 radical (unpaired) electrons. The smallest absolute Gasteiger partial charge is 0.308 e. The van der Waals surface area contributed by atoms with Crippen molar-refractivity contribution in [1.82, 2.24) is 15.1 Å². The molecule has 0 saturated carbocycles. The first-order valence-electron chi connectivity index (χ1n) is 4.60. The summed E-state index contributed by atoms with van der Waals surface area (Å²) in [6, 6.07) is 0. The number of hydrogen-bond acceptors (Lipinski definition) is 3. The lowest BCUT2D eigenvalue weighted by Gasteiger charge is -2.11. The fourth-order valence-corrected chi connectivity index (χ4v) is 1.92. The maximum atomic E-state index is 10.9. The number of carboxylic acids is 1. The van der Waals surface area contributed by atoms with Crippen molar-refractivity contribution in [3.05, 3.63) is 18.0 Å². The number of aliphatic carboxylic acids is 1. The van der Waals surface area contributed by atoms with E-state index in [0.29, 0.717) is 6.54 Å². The highest BCUT2D eigenvalue weighted by Gasteiger charge is 2.34. The highest BCUT2D eigenvalue weighted by Crippen LogP contribution is 2.27. The second-order valence-electron chi connectivity index (χ2n) is 3.66. The number of carboxylic acid groups (broad SMARTS) is 1. The molecular weight excluding hydrogens is 218 g/mol. The molecule has 1 aliphatic rings. The summed E-state index contributed by atoms with van der Waals surface area (Å²) >= 11 is 0. The summed E-state index contributed by atoms with van der Waals surface area (Å²) in [6.45, 7) is 1.28. The number of nitrogens with one attached hydrogen (secondary N) is 1. The standard InChI is InChI=1S/C9H13N3O2.ClH/c1-12-5-6(2-11-12)7-3-10-4-8(7)9(13)14;/h2,5,7-8,10H,3-4H2,1H3,(H,13,14);1H/t7-,8-;/m1./s1. The van der Waals surface area contributed by atoms with E-state index in [1.54, 1.807) is 10.9 Å². The lowest BCUT2D eigenvalue weighted by atomic mass is 9.91. The van der Waals surface area contributed by atoms with Gasteiger partial charge in [-0.2, -0.15) is 5.10 Å². The predicted octanol–water partition coefficient (Wildman–Crippen LogP) is 0.229. The fourth-order valence-electron chi connectivity index (χ4n) is 1.92. The summed E-state index contributed by atoms with van der Waals surface area (Å²) in [5.74, 6) is -0.996. The number of rotatable bonds is 2. The van der Waals surface area contributed by atoms with Gasteiger partial charge in [-0.15, -0.1) is 12.4 Å². The normalized spacial score (nSPS) is 24.9. The molecule has 0 bridgehead atoms. The molecule has 2 atom stereocenters. The van der Waals surface area contributed by atoms with Gasteiger partial charge in [0.1, 0.15) is 0 Å². The van der Waals surface area contributed by atoms with Crippen LogP contribution in [0.4, 0.5) is 0 Å². The fraction of sp³-hybridized carbons (Fsp3) is 0.556. The lowest BCUT2D eigenvalue weighted by molar-refractivity contribution is -0.141. The molecular formula is C9H14ClN3O2. The quantitative estimate of drug-likeness (QED) is 0.765. The molecule has 0 spiro atoms. The maximum absolute atomic E-state index is 10.9. The van der Waals surface area contributed by atoms with Crippen LogP contribution in [0.3, 0.4) is 0 Å². The Balaban J connectivity index is 0.00000112. The average molecular weight is 232 g/mol. The van der Waals surface area contributed by atoms with Gasteiger partial charge in [0.2, 0.25) is 0 Å². The molecule has 0 amide bonds. The third kappa shape index (κ3) is 2.30. The number of hydrogen-bond donors (Lipinski definition) is 2. The molecule has 0 aromatic carbocycles. The van der Waals surface area contributed by atoms with Crippen LogP contribution in [0, 0.1) is 5.92 Å². The summed E-state index contributed by atoms with van der Waals surface area (Å²) in [4.78, 5) is 10.9. The van der Waals surface area contributed by atoms with Crippen LogP contribution >= 0.6 is 12.4 Å². The van der Waals surface area contributed by atoms with Crippen LogP contribution in [0.5, 0.6) is 0 Å². The Morgan fingerprint density at radius 3 is 2.93 bits per heavy atom. The van der Waals surface area contributed by atoms with Crippen LogP contribution in [0.25, 0.3) is 0 Å². The summed E-state index contributed by atoms with van der Waals surface area (Å²) in [5, 5.41) is 16.1. The summed E-state index contributed by atoms with van der Waals surface area (Å²) in [7, 11) is 1.83. The third-order valence-corrected chi connectivity index (χ3v) is 2.68. The summed E-state index contributed by atoms with van der Waals surface area (Å²) in [6.07, 6.45) is 3.63. The van der Waals surface area contributed by atoms with Crippen molar-refractivity contribution in [2.45, 2.75) is 5.92 Å². The first-order valence-corrected chi connectivity index (χ1v) is 4.60. The van der Waals surface area contributed by atoms with E-state index >= 15 is 0 Å². The number of halogens is 1. The van der Waals surface area contributed by atoms with Crippen LogP contribution in [-0.2, 0) is 11.8 Å². The topological polar surface area (TPSA) is 67.2 Å². The Kier molecular flexibility index (Phi) is 3.71. The molecule has 1 saturated heterocycles. The third-order valence-electron chi connectivity index (χ3n) is 2.68. The largest absolute Gasteiger partial charge is 0.481 e. The summed E-state index contributed by atoms with van der Waals surface area (Å²) in [5.41, 5.74) is 1.00. The second kappa shape index (κ2) is 4.63. The SMILES string of the molecule is Cl.Cn1cc([C@H]2CNC[C@H]2C(=O)O)cn1. The Morgan fingerprint density at radius 2 is 2.40 bits per heavy atom. The van der Waals surface area contributed by atoms with E-state index in [1.165, 1.54) is 0 Å². The van der Waals surface area contributed by atoms with Crippen molar-refractivity contribution < 1.29 is 9.90 Å². The van der Waals surface area contributed by atoms with E-state index in [4.69, 9.17) is 5.11 Å². The Hall–Kier alpha value is -1.07. The first-order chi connectivity index (χ1) is 6.68. The van der Waals surface area contributed by atoms with Gasteiger partial charge in [-0.25, -0.2) is 0 Å². The zero-order valence-corrected chi connectivity index (χ0v) is 9.20. The van der Waals surface area contributed by atoms with Gasteiger partial charge in [-0.3, -0.25) is 9.48 Å². The van der Waals surface area contributed by atoms with Gasteiger partial charge in [0, 0.05) is 32.3 Å². The molecule has 1 aromatic rings. The Morgan fingerprint density at radius 1 is 1.67 bits per heavy atom. The van der Waals surface area contributed by atoms with Gasteiger partial charge in [-0.1, -0.05) is 0 Å². The van der Waals surface area contributed by atoms with Crippen LogP contribution in [0.15, 0.2) is 12.4 Å². The van der Waals surface area contributed by atoms with E-state index in [1.807, 2.05) is 13.2 Å². The minimum atomic E-state index is -0.733. The predicted molar refractivity (Wildman–Crippen MR) is 57.2 cm³/mol. The molecule has 2 N–H and O–H groups in total. The van der Waals surface area contributed by atoms with Gasteiger partial charge in [0.05, 0.1) is 12.1 Å². The first kappa shape index (κ1) is 12.0. The number of nitrogens with zero attached hydrogens (tertiary/aromatic N) is 2. The molecule has 6 heteroatoms. The van der Waals surface area contributed by atoms with Gasteiger partial charge >= 0.3 is 5.97 Å². The van der Waals surface area contributed by atoms with Crippen LogP contribution in [-0.4, -0.2) is 33.9 Å². The zero-order chi connectivity index (χ0) is 10.1. The van der Waals surface area contributed by atoms with Crippen molar-refractivity contribution in [3.63, 3.8) is 0 Å². The van der Waals surface area contributed by atoms with E-state index in [0.717, 1.165) is 12.1 Å². The maximum Gasteiger partial charge on any atom is 0.308 e. The molecule has 84 valence electrons. The highest BCUT2D eigenvalue weighted by molar-refractivity contribution is 5.85. The minimum absolute atomic E-state index is 0. The van der Waals surface area contributed by atoms with Gasteiger partial charge in [0.15, 0.2) is 0 Å². The molecule has 15 heavy (non-hydrogen) atoms. The van der Waals surface area contributed by atoms with Crippen molar-refractivity contribution in [2.24, 2.45) is 13.0 Å². The van der Waals surface area contributed by atoms with Crippen molar-refractivity contribution >= 4 is 18.4 Å². The molecule has 1 aromatic heterocycles. The minimum Gasteiger partial charge on any atom is -0.481 e. The lowest BCUT2D eigenvalue weighted by Crippen LogP contribution is -2.20. The van der Waals surface area contributed by atoms with E-state index in [2.05, 4.69) is 10.4 Å². The molecule has 2 heterocycles. The van der Waals surface area contributed by atoms with Crippen molar-refractivity contribution in [2.75, 3.05) is 13.1 Å². The Labute approximate surface area is 93.9 Å². The molecule has 1 fully saturated rings. The highest BCUT2D eigenvalue weighted by atomic mass is 35.5. The molecule has 0 aliphatic carbocycles. The number of aryl methyl sites for hydroxylation is 1. The van der Waals surface area contributed by atoms with E-state index in [-0.39, 0.29) is 24.2 Å². The monoisotopic (exact) mass is 231 g/mol. The second-order valence-corrected chi connectivity index (χ2v) is 3.66. The molecule has 5 nitrogen and oxygen atoms in total. The van der Waals surface area contributed by atoms with Crippen LogP contribution in [0.1, 0.15) is 11.5 Å². The van der Waals surface area contributed by atoms with Gasteiger partial charge in [-0.05, 0) is 5.56 Å². The zero-order valence-electron chi connectivity index (χ0n) is 8.38. The van der Waals surface area contributed by atoms with E-state index < -0.39 is 5.97 Å². The molecule has 1 aliphatic heterocycles. The van der Waals surface area contributed by atoms with Gasteiger partial charge in [0.25, 0.3) is 0 Å². The number of carbonyl (C=O) groups is 1. The van der Waals surface area contributed by atoms with Gasteiger partial charge < -0.3 is 10.4 Å². The average Bonchev–Trinajstić information content (AvgIpc) is 2.70. The summed E-state index contributed by atoms with van der Waals surface area (Å²) < 4.78 is 1.70. The van der Waals surface area contributed by atoms with E-state index in [9.17, 15) is 4.79 Å².